The maximum atomic E-state index is 5.12. The molecule has 3 heteroatoms. The molecule has 72 valence electrons. The topological polar surface area (TPSA) is 38.9 Å². The van der Waals surface area contributed by atoms with Gasteiger partial charge in [0.1, 0.15) is 11.5 Å². The number of pyridine rings is 1. The summed E-state index contributed by atoms with van der Waals surface area (Å²) in [5.41, 5.74) is 2.86. The minimum atomic E-state index is 0.856. The van der Waals surface area contributed by atoms with Crippen LogP contribution in [0.5, 0.6) is 0 Å². The van der Waals surface area contributed by atoms with E-state index in [4.69, 9.17) is 4.52 Å². The lowest BCUT2D eigenvalue weighted by Crippen LogP contribution is -1.82. The molecular formula is C11H12N2O. The summed E-state index contributed by atoms with van der Waals surface area (Å²) in [6.45, 7) is 4.00. The smallest absolute Gasteiger partial charge is 0.137 e. The Morgan fingerprint density at radius 2 is 2.21 bits per heavy atom. The average molecular weight is 188 g/mol. The summed E-state index contributed by atoms with van der Waals surface area (Å²) in [5, 5.41) is 3.97. The second kappa shape index (κ2) is 3.62. The van der Waals surface area contributed by atoms with E-state index in [1.807, 2.05) is 38.2 Å². The van der Waals surface area contributed by atoms with Crippen LogP contribution in [0.4, 0.5) is 0 Å². The molecule has 0 aliphatic rings. The standard InChI is InChI=1S/C11H12N2O/c1-3-10-6-11(13-14-10)9-5-4-8(2)12-7-9/h4-7H,3H2,1-2H3. The van der Waals surface area contributed by atoms with Crippen LogP contribution in [0.1, 0.15) is 18.4 Å². The molecule has 14 heavy (non-hydrogen) atoms. The summed E-state index contributed by atoms with van der Waals surface area (Å²) in [6.07, 6.45) is 2.68. The quantitative estimate of drug-likeness (QED) is 0.727. The highest BCUT2D eigenvalue weighted by Crippen LogP contribution is 2.18. The fourth-order valence-corrected chi connectivity index (χ4v) is 1.23. The Balaban J connectivity index is 2.34. The average Bonchev–Trinajstić information content (AvgIpc) is 2.67. The molecule has 0 aliphatic carbocycles. The Morgan fingerprint density at radius 3 is 2.79 bits per heavy atom. The Bertz CT molecular complexity index is 417. The van der Waals surface area contributed by atoms with Gasteiger partial charge >= 0.3 is 0 Å². The monoisotopic (exact) mass is 188 g/mol. The van der Waals surface area contributed by atoms with Crippen molar-refractivity contribution >= 4 is 0 Å². The van der Waals surface area contributed by atoms with E-state index in [2.05, 4.69) is 10.1 Å². The van der Waals surface area contributed by atoms with Gasteiger partial charge in [0.15, 0.2) is 0 Å². The van der Waals surface area contributed by atoms with E-state index in [-0.39, 0.29) is 0 Å². The first-order chi connectivity index (χ1) is 6.79. The summed E-state index contributed by atoms with van der Waals surface area (Å²) in [7, 11) is 0. The maximum Gasteiger partial charge on any atom is 0.137 e. The van der Waals surface area contributed by atoms with Crippen molar-refractivity contribution in [1.82, 2.24) is 10.1 Å². The van der Waals surface area contributed by atoms with Gasteiger partial charge in [0.2, 0.25) is 0 Å². The van der Waals surface area contributed by atoms with Crippen LogP contribution >= 0.6 is 0 Å². The lowest BCUT2D eigenvalue weighted by Gasteiger charge is -1.94. The minimum Gasteiger partial charge on any atom is -0.361 e. The largest absolute Gasteiger partial charge is 0.361 e. The highest BCUT2D eigenvalue weighted by molar-refractivity contribution is 5.57. The van der Waals surface area contributed by atoms with E-state index >= 15 is 0 Å². The van der Waals surface area contributed by atoms with E-state index in [0.29, 0.717) is 0 Å². The summed E-state index contributed by atoms with van der Waals surface area (Å²) in [6, 6.07) is 5.92. The van der Waals surface area contributed by atoms with E-state index in [1.165, 1.54) is 0 Å². The molecule has 0 spiro atoms. The first-order valence-corrected chi connectivity index (χ1v) is 4.68. The predicted molar refractivity (Wildman–Crippen MR) is 53.8 cm³/mol. The van der Waals surface area contributed by atoms with Crippen LogP contribution in [-0.2, 0) is 6.42 Å². The molecular weight excluding hydrogens is 176 g/mol. The molecule has 0 fully saturated rings. The molecule has 0 aromatic carbocycles. The molecule has 0 N–H and O–H groups in total. The van der Waals surface area contributed by atoms with Crippen LogP contribution in [0.25, 0.3) is 11.3 Å². The highest BCUT2D eigenvalue weighted by Gasteiger charge is 2.04. The van der Waals surface area contributed by atoms with E-state index in [0.717, 1.165) is 29.1 Å². The predicted octanol–water partition coefficient (Wildman–Crippen LogP) is 2.61. The molecule has 0 atom stereocenters. The molecule has 0 saturated heterocycles. The van der Waals surface area contributed by atoms with Crippen LogP contribution in [-0.4, -0.2) is 10.1 Å². The zero-order valence-corrected chi connectivity index (χ0v) is 8.32. The Labute approximate surface area is 82.8 Å². The fraction of sp³-hybridized carbons (Fsp3) is 0.273. The molecule has 2 heterocycles. The van der Waals surface area contributed by atoms with Gasteiger partial charge in [-0.3, -0.25) is 4.98 Å². The van der Waals surface area contributed by atoms with Gasteiger partial charge in [-0.25, -0.2) is 0 Å². The first kappa shape index (κ1) is 8.94. The van der Waals surface area contributed by atoms with Gasteiger partial charge in [0.05, 0.1) is 0 Å². The summed E-state index contributed by atoms with van der Waals surface area (Å²) >= 11 is 0. The van der Waals surface area contributed by atoms with Crippen molar-refractivity contribution in [3.63, 3.8) is 0 Å². The molecule has 0 unspecified atom stereocenters. The lowest BCUT2D eigenvalue weighted by molar-refractivity contribution is 0.389. The third-order valence-corrected chi connectivity index (χ3v) is 2.11. The van der Waals surface area contributed by atoms with Crippen molar-refractivity contribution in [3.8, 4) is 11.3 Å². The van der Waals surface area contributed by atoms with Gasteiger partial charge in [-0.2, -0.15) is 0 Å². The maximum absolute atomic E-state index is 5.12. The summed E-state index contributed by atoms with van der Waals surface area (Å²) in [4.78, 5) is 4.21. The van der Waals surface area contributed by atoms with E-state index < -0.39 is 0 Å². The van der Waals surface area contributed by atoms with E-state index in [1.54, 1.807) is 0 Å². The van der Waals surface area contributed by atoms with E-state index in [9.17, 15) is 0 Å². The summed E-state index contributed by atoms with van der Waals surface area (Å²) < 4.78 is 5.12. The van der Waals surface area contributed by atoms with Crippen LogP contribution in [0.15, 0.2) is 28.9 Å². The van der Waals surface area contributed by atoms with Gasteiger partial charge in [0.25, 0.3) is 0 Å². The molecule has 0 amide bonds. The summed E-state index contributed by atoms with van der Waals surface area (Å²) in [5.74, 6) is 0.903. The molecule has 0 saturated carbocycles. The van der Waals surface area contributed by atoms with Gasteiger partial charge in [-0.1, -0.05) is 12.1 Å². The van der Waals surface area contributed by atoms with Gasteiger partial charge in [0, 0.05) is 29.9 Å². The number of rotatable bonds is 2. The van der Waals surface area contributed by atoms with Crippen LogP contribution in [0.2, 0.25) is 0 Å². The third kappa shape index (κ3) is 1.66. The van der Waals surface area contributed by atoms with Crippen molar-refractivity contribution in [2.75, 3.05) is 0 Å². The second-order valence-corrected chi connectivity index (χ2v) is 3.22. The van der Waals surface area contributed by atoms with Crippen LogP contribution in [0.3, 0.4) is 0 Å². The number of aromatic nitrogens is 2. The Morgan fingerprint density at radius 1 is 1.36 bits per heavy atom. The number of nitrogens with zero attached hydrogens (tertiary/aromatic N) is 2. The number of hydrogen-bond acceptors (Lipinski definition) is 3. The zero-order valence-electron chi connectivity index (χ0n) is 8.32. The molecule has 0 aliphatic heterocycles. The molecule has 2 rings (SSSR count). The minimum absolute atomic E-state index is 0.856. The molecule has 3 nitrogen and oxygen atoms in total. The molecule has 2 aromatic rings. The third-order valence-electron chi connectivity index (χ3n) is 2.11. The van der Waals surface area contributed by atoms with Gasteiger partial charge in [-0.05, 0) is 19.1 Å². The molecule has 2 aromatic heterocycles. The highest BCUT2D eigenvalue weighted by atomic mass is 16.5. The Hall–Kier alpha value is -1.64. The molecule has 0 radical (unpaired) electrons. The van der Waals surface area contributed by atoms with Crippen molar-refractivity contribution in [3.05, 3.63) is 35.9 Å². The van der Waals surface area contributed by atoms with Crippen molar-refractivity contribution in [2.24, 2.45) is 0 Å². The van der Waals surface area contributed by atoms with Crippen LogP contribution < -0.4 is 0 Å². The lowest BCUT2D eigenvalue weighted by atomic mass is 10.2. The second-order valence-electron chi connectivity index (χ2n) is 3.22. The zero-order chi connectivity index (χ0) is 9.97. The van der Waals surface area contributed by atoms with Crippen molar-refractivity contribution in [2.45, 2.75) is 20.3 Å². The molecule has 0 bridgehead atoms. The fourth-order valence-electron chi connectivity index (χ4n) is 1.23. The van der Waals surface area contributed by atoms with Gasteiger partial charge < -0.3 is 4.52 Å². The van der Waals surface area contributed by atoms with Crippen molar-refractivity contribution in [1.29, 1.82) is 0 Å². The SMILES string of the molecule is CCc1cc(-c2ccc(C)nc2)no1. The normalized spacial score (nSPS) is 10.4. The van der Waals surface area contributed by atoms with Gasteiger partial charge in [-0.15, -0.1) is 0 Å². The Kier molecular flexibility index (Phi) is 2.31. The van der Waals surface area contributed by atoms with Crippen molar-refractivity contribution < 1.29 is 4.52 Å². The van der Waals surface area contributed by atoms with Crippen LogP contribution in [0, 0.1) is 6.92 Å². The number of aryl methyl sites for hydroxylation is 2. The first-order valence-electron chi connectivity index (χ1n) is 4.68. The number of hydrogen-bond donors (Lipinski definition) is 0.